The molecule has 0 aliphatic rings. The number of H-pyrrole nitrogens is 1. The lowest BCUT2D eigenvalue weighted by atomic mass is 9.82. The SMILES string of the molecule is COCC(C)(C)c1cc(-n2ccc(=O)[nH]c2=O)cc(-c2ccc3cc(NS(C)(=O)=O)ccc3c2)c1OC. The second kappa shape index (κ2) is 9.87. The maximum absolute atomic E-state index is 12.6. The topological polar surface area (TPSA) is 119 Å². The minimum absolute atomic E-state index is 0.403. The highest BCUT2D eigenvalue weighted by Gasteiger charge is 2.28. The van der Waals surface area contributed by atoms with E-state index >= 15 is 0 Å². The molecule has 3 aromatic carbocycles. The summed E-state index contributed by atoms with van der Waals surface area (Å²) in [6.45, 7) is 4.45. The Morgan fingerprint density at radius 3 is 2.32 bits per heavy atom. The van der Waals surface area contributed by atoms with Crippen LogP contribution in [-0.4, -0.2) is 45.1 Å². The Hall–Kier alpha value is -3.89. The van der Waals surface area contributed by atoms with Gasteiger partial charge in [0, 0.05) is 41.6 Å². The van der Waals surface area contributed by atoms with E-state index in [9.17, 15) is 18.0 Å². The van der Waals surface area contributed by atoms with Crippen molar-refractivity contribution >= 4 is 26.5 Å². The molecule has 0 aliphatic carbocycles. The van der Waals surface area contributed by atoms with Gasteiger partial charge in [-0.1, -0.05) is 32.0 Å². The predicted octanol–water partition coefficient (Wildman–Crippen LogP) is 3.65. The van der Waals surface area contributed by atoms with Crippen molar-refractivity contribution < 1.29 is 17.9 Å². The number of nitrogens with zero attached hydrogens (tertiary/aromatic N) is 1. The summed E-state index contributed by atoms with van der Waals surface area (Å²) in [5, 5.41) is 1.74. The molecule has 0 unspecified atom stereocenters. The highest BCUT2D eigenvalue weighted by atomic mass is 32.2. The fourth-order valence-corrected chi connectivity index (χ4v) is 4.99. The third-order valence-electron chi connectivity index (χ3n) is 6.07. The van der Waals surface area contributed by atoms with Gasteiger partial charge in [0.15, 0.2) is 0 Å². The normalized spacial score (nSPS) is 12.0. The molecule has 194 valence electrons. The van der Waals surface area contributed by atoms with Crippen molar-refractivity contribution in [2.24, 2.45) is 0 Å². The van der Waals surface area contributed by atoms with Gasteiger partial charge < -0.3 is 9.47 Å². The van der Waals surface area contributed by atoms with E-state index < -0.39 is 26.7 Å². The van der Waals surface area contributed by atoms with Crippen LogP contribution in [0.3, 0.4) is 0 Å². The first-order valence-corrected chi connectivity index (χ1v) is 13.4. The summed E-state index contributed by atoms with van der Waals surface area (Å²) in [6, 6.07) is 16.1. The van der Waals surface area contributed by atoms with E-state index in [0.29, 0.717) is 23.7 Å². The summed E-state index contributed by atoms with van der Waals surface area (Å²) < 4.78 is 38.5. The van der Waals surface area contributed by atoms with Gasteiger partial charge in [-0.3, -0.25) is 19.1 Å². The largest absolute Gasteiger partial charge is 0.496 e. The van der Waals surface area contributed by atoms with Crippen molar-refractivity contribution in [2.75, 3.05) is 31.8 Å². The molecule has 0 spiro atoms. The van der Waals surface area contributed by atoms with Gasteiger partial charge in [-0.05, 0) is 46.7 Å². The van der Waals surface area contributed by atoms with E-state index in [1.165, 1.54) is 16.8 Å². The van der Waals surface area contributed by atoms with E-state index in [0.717, 1.165) is 33.7 Å². The minimum Gasteiger partial charge on any atom is -0.496 e. The van der Waals surface area contributed by atoms with Crippen molar-refractivity contribution in [3.63, 3.8) is 0 Å². The van der Waals surface area contributed by atoms with Crippen LogP contribution in [0.5, 0.6) is 5.75 Å². The van der Waals surface area contributed by atoms with Gasteiger partial charge in [0.05, 0.1) is 25.7 Å². The monoisotopic (exact) mass is 523 g/mol. The molecule has 4 aromatic rings. The van der Waals surface area contributed by atoms with Gasteiger partial charge in [0.2, 0.25) is 10.0 Å². The Labute approximate surface area is 214 Å². The lowest BCUT2D eigenvalue weighted by molar-refractivity contribution is 0.145. The molecule has 37 heavy (non-hydrogen) atoms. The molecule has 0 saturated carbocycles. The summed E-state index contributed by atoms with van der Waals surface area (Å²) in [7, 11) is -0.169. The molecule has 1 aromatic heterocycles. The number of aromatic nitrogens is 2. The van der Waals surface area contributed by atoms with Crippen LogP contribution in [0.4, 0.5) is 5.69 Å². The molecule has 0 aliphatic heterocycles. The van der Waals surface area contributed by atoms with E-state index in [4.69, 9.17) is 9.47 Å². The Balaban J connectivity index is 1.96. The van der Waals surface area contributed by atoms with Crippen molar-refractivity contribution in [1.29, 1.82) is 0 Å². The number of sulfonamides is 1. The Bertz CT molecular complexity index is 1700. The quantitative estimate of drug-likeness (QED) is 0.364. The maximum Gasteiger partial charge on any atom is 0.332 e. The number of rotatable bonds is 8. The highest BCUT2D eigenvalue weighted by Crippen LogP contribution is 2.42. The minimum atomic E-state index is -3.39. The third-order valence-corrected chi connectivity index (χ3v) is 6.68. The van der Waals surface area contributed by atoms with Crippen molar-refractivity contribution in [3.8, 4) is 22.6 Å². The fourth-order valence-electron chi connectivity index (χ4n) is 4.44. The maximum atomic E-state index is 12.6. The summed E-state index contributed by atoms with van der Waals surface area (Å²) >= 11 is 0. The second-order valence-corrected chi connectivity index (χ2v) is 11.3. The first-order chi connectivity index (χ1) is 17.4. The Morgan fingerprint density at radius 2 is 1.68 bits per heavy atom. The predicted molar refractivity (Wildman–Crippen MR) is 146 cm³/mol. The average molecular weight is 524 g/mol. The lowest BCUT2D eigenvalue weighted by Crippen LogP contribution is -2.29. The zero-order valence-electron chi connectivity index (χ0n) is 21.3. The average Bonchev–Trinajstić information content (AvgIpc) is 2.82. The van der Waals surface area contributed by atoms with Gasteiger partial charge in [-0.25, -0.2) is 13.2 Å². The molecule has 0 saturated heterocycles. The molecular formula is C27H29N3O6S. The zero-order chi connectivity index (χ0) is 27.0. The zero-order valence-corrected chi connectivity index (χ0v) is 22.1. The second-order valence-electron chi connectivity index (χ2n) is 9.52. The van der Waals surface area contributed by atoms with E-state index in [1.807, 2.05) is 50.2 Å². The summed E-state index contributed by atoms with van der Waals surface area (Å²) in [4.78, 5) is 26.6. The molecular weight excluding hydrogens is 494 g/mol. The van der Waals surface area contributed by atoms with Crippen molar-refractivity contribution in [2.45, 2.75) is 19.3 Å². The number of methoxy groups -OCH3 is 2. The molecule has 0 radical (unpaired) electrons. The van der Waals surface area contributed by atoms with Crippen LogP contribution < -0.4 is 20.7 Å². The molecule has 2 N–H and O–H groups in total. The van der Waals surface area contributed by atoms with E-state index in [2.05, 4.69) is 9.71 Å². The molecule has 0 amide bonds. The summed E-state index contributed by atoms with van der Waals surface area (Å²) in [6.07, 6.45) is 2.55. The van der Waals surface area contributed by atoms with Crippen LogP contribution in [0.1, 0.15) is 19.4 Å². The molecule has 10 heteroatoms. The first kappa shape index (κ1) is 26.2. The number of benzene rings is 3. The number of hydrogen-bond donors (Lipinski definition) is 2. The summed E-state index contributed by atoms with van der Waals surface area (Å²) in [5.74, 6) is 0.637. The number of nitrogens with one attached hydrogen (secondary N) is 2. The first-order valence-electron chi connectivity index (χ1n) is 11.5. The van der Waals surface area contributed by atoms with Crippen LogP contribution in [0.15, 0.2) is 70.4 Å². The van der Waals surface area contributed by atoms with Crippen LogP contribution >= 0.6 is 0 Å². The smallest absolute Gasteiger partial charge is 0.332 e. The number of hydrogen-bond acceptors (Lipinski definition) is 6. The number of fused-ring (bicyclic) bond motifs is 1. The molecule has 0 atom stereocenters. The molecule has 9 nitrogen and oxygen atoms in total. The number of anilines is 1. The van der Waals surface area contributed by atoms with E-state index in [1.54, 1.807) is 26.4 Å². The number of aromatic amines is 1. The number of ether oxygens (including phenoxy) is 2. The van der Waals surface area contributed by atoms with Crippen molar-refractivity contribution in [3.05, 3.63) is 87.2 Å². The lowest BCUT2D eigenvalue weighted by Gasteiger charge is -2.28. The van der Waals surface area contributed by atoms with Crippen LogP contribution in [-0.2, 0) is 20.2 Å². The van der Waals surface area contributed by atoms with Gasteiger partial charge in [0.25, 0.3) is 5.56 Å². The molecule has 0 fully saturated rings. The highest BCUT2D eigenvalue weighted by molar-refractivity contribution is 7.92. The van der Waals surface area contributed by atoms with Crippen LogP contribution in [0.25, 0.3) is 27.6 Å². The fraction of sp³-hybridized carbons (Fsp3) is 0.259. The van der Waals surface area contributed by atoms with Gasteiger partial charge in [-0.15, -0.1) is 0 Å². The van der Waals surface area contributed by atoms with Crippen LogP contribution in [0.2, 0.25) is 0 Å². The molecule has 1 heterocycles. The van der Waals surface area contributed by atoms with Crippen LogP contribution in [0, 0.1) is 0 Å². The van der Waals surface area contributed by atoms with E-state index in [-0.39, 0.29) is 0 Å². The standard InChI is InChI=1S/C27H29N3O6S/c1-27(2,16-35-3)23-15-21(30-11-10-24(31)28-26(30)32)14-22(25(23)36-4)19-7-6-18-13-20(29-37(5,33)34)9-8-17(18)12-19/h6-15,29H,16H2,1-5H3,(H,28,31,32). The Morgan fingerprint density at radius 1 is 0.973 bits per heavy atom. The van der Waals surface area contributed by atoms with Gasteiger partial charge >= 0.3 is 5.69 Å². The van der Waals surface area contributed by atoms with Gasteiger partial charge in [0.1, 0.15) is 5.75 Å². The van der Waals surface area contributed by atoms with Gasteiger partial charge in [-0.2, -0.15) is 0 Å². The summed E-state index contributed by atoms with van der Waals surface area (Å²) in [5.41, 5.74) is 1.94. The molecule has 0 bridgehead atoms. The Kier molecular flexibility index (Phi) is 6.98. The third kappa shape index (κ3) is 5.60. The van der Waals surface area contributed by atoms with Crippen molar-refractivity contribution in [1.82, 2.24) is 9.55 Å². The molecule has 4 rings (SSSR count).